The molecule has 0 bridgehead atoms. The lowest BCUT2D eigenvalue weighted by Crippen LogP contribution is -2.27. The summed E-state index contributed by atoms with van der Waals surface area (Å²) in [6.45, 7) is 0. The molecule has 7 nitrogen and oxygen atoms in total. The number of anilines is 1. The fraction of sp³-hybridized carbons (Fsp3) is 0.0909. The first-order chi connectivity index (χ1) is 9.86. The van der Waals surface area contributed by atoms with E-state index in [1.807, 2.05) is 0 Å². The van der Waals surface area contributed by atoms with E-state index in [0.717, 1.165) is 0 Å². The van der Waals surface area contributed by atoms with Crippen LogP contribution in [0.5, 0.6) is 0 Å². The number of nitrogens with zero attached hydrogens (tertiary/aromatic N) is 3. The molecule has 2 amide bonds. The van der Waals surface area contributed by atoms with E-state index in [1.54, 1.807) is 18.2 Å². The minimum Gasteiger partial charge on any atom is -0.322 e. The van der Waals surface area contributed by atoms with Gasteiger partial charge in [-0.25, -0.2) is 4.68 Å². The quantitative estimate of drug-likeness (QED) is 0.830. The Balaban J connectivity index is 2.10. The van der Waals surface area contributed by atoms with E-state index in [9.17, 15) is 9.59 Å². The molecular weight excluding hydrogens is 341 g/mol. The smallest absolute Gasteiger partial charge is 0.276 e. The van der Waals surface area contributed by atoms with Crippen molar-refractivity contribution in [3.8, 4) is 0 Å². The number of carbonyl (C=O) groups is 2. The van der Waals surface area contributed by atoms with Gasteiger partial charge in [0.25, 0.3) is 15.6 Å². The van der Waals surface area contributed by atoms with Gasteiger partial charge >= 0.3 is 0 Å². The number of rotatable bonds is 3. The van der Waals surface area contributed by atoms with Crippen molar-refractivity contribution in [2.75, 3.05) is 10.7 Å². The standard InChI is InChI=1S/C11H8Cl3N5O2/c12-11(13,14)10(21)17-8-3-1-2-7(4-8)9(20)18-19-5-15-16-6-19/h1-6H,(H,17,21)(H,18,20). The first-order valence-corrected chi connectivity index (χ1v) is 6.64. The predicted octanol–water partition coefficient (Wildman–Crippen LogP) is 1.97. The van der Waals surface area contributed by atoms with Crippen LogP contribution in [0.15, 0.2) is 36.9 Å². The molecule has 1 heterocycles. The molecule has 0 saturated heterocycles. The summed E-state index contributed by atoms with van der Waals surface area (Å²) < 4.78 is -0.796. The molecule has 0 atom stereocenters. The molecule has 1 aromatic heterocycles. The van der Waals surface area contributed by atoms with Crippen LogP contribution in [0, 0.1) is 0 Å². The lowest BCUT2D eigenvalue weighted by molar-refractivity contribution is -0.115. The monoisotopic (exact) mass is 347 g/mol. The second-order valence-corrected chi connectivity index (χ2v) is 6.12. The van der Waals surface area contributed by atoms with Crippen molar-refractivity contribution in [3.05, 3.63) is 42.5 Å². The number of nitrogens with one attached hydrogen (secondary N) is 2. The van der Waals surface area contributed by atoms with Crippen LogP contribution in [-0.4, -0.2) is 30.5 Å². The molecule has 2 N–H and O–H groups in total. The molecule has 10 heteroatoms. The minimum atomic E-state index is -2.08. The predicted molar refractivity (Wildman–Crippen MR) is 79.1 cm³/mol. The summed E-state index contributed by atoms with van der Waals surface area (Å²) >= 11 is 16.4. The summed E-state index contributed by atoms with van der Waals surface area (Å²) in [6.07, 6.45) is 2.65. The van der Waals surface area contributed by atoms with Gasteiger partial charge in [0.2, 0.25) is 0 Å². The maximum absolute atomic E-state index is 12.0. The average Bonchev–Trinajstić information content (AvgIpc) is 2.90. The van der Waals surface area contributed by atoms with Gasteiger partial charge in [0.15, 0.2) is 0 Å². The summed E-state index contributed by atoms with van der Waals surface area (Å²) in [4.78, 5) is 23.5. The van der Waals surface area contributed by atoms with Crippen LogP contribution in [0.25, 0.3) is 0 Å². The van der Waals surface area contributed by atoms with Gasteiger partial charge in [-0.2, -0.15) is 0 Å². The molecule has 0 aliphatic rings. The fourth-order valence-corrected chi connectivity index (χ4v) is 1.52. The zero-order valence-electron chi connectivity index (χ0n) is 10.3. The van der Waals surface area contributed by atoms with Crippen molar-refractivity contribution in [1.82, 2.24) is 14.9 Å². The van der Waals surface area contributed by atoms with Crippen molar-refractivity contribution in [2.45, 2.75) is 3.79 Å². The Hall–Kier alpha value is -1.83. The third kappa shape index (κ3) is 4.32. The zero-order valence-corrected chi connectivity index (χ0v) is 12.5. The first-order valence-electron chi connectivity index (χ1n) is 5.50. The van der Waals surface area contributed by atoms with Gasteiger partial charge in [-0.05, 0) is 18.2 Å². The molecule has 2 aromatic rings. The maximum atomic E-state index is 12.0. The van der Waals surface area contributed by atoms with Crippen LogP contribution in [0.2, 0.25) is 0 Å². The van der Waals surface area contributed by atoms with Crippen LogP contribution < -0.4 is 10.7 Å². The van der Waals surface area contributed by atoms with Crippen LogP contribution in [0.4, 0.5) is 5.69 Å². The van der Waals surface area contributed by atoms with Crippen LogP contribution in [0.3, 0.4) is 0 Å². The molecule has 0 fully saturated rings. The molecule has 0 aliphatic heterocycles. The van der Waals surface area contributed by atoms with Crippen molar-refractivity contribution < 1.29 is 9.59 Å². The van der Waals surface area contributed by atoms with Crippen molar-refractivity contribution >= 4 is 52.3 Å². The number of hydrogen-bond donors (Lipinski definition) is 2. The number of amides is 2. The van der Waals surface area contributed by atoms with E-state index in [2.05, 4.69) is 20.9 Å². The second kappa shape index (κ2) is 6.30. The number of carbonyl (C=O) groups excluding carboxylic acids is 2. The van der Waals surface area contributed by atoms with Gasteiger partial charge in [-0.1, -0.05) is 40.9 Å². The Morgan fingerprint density at radius 2 is 1.81 bits per heavy atom. The van der Waals surface area contributed by atoms with E-state index >= 15 is 0 Å². The van der Waals surface area contributed by atoms with E-state index in [4.69, 9.17) is 34.8 Å². The van der Waals surface area contributed by atoms with Gasteiger partial charge < -0.3 is 5.32 Å². The molecular formula is C11H8Cl3N5O2. The Morgan fingerprint density at radius 3 is 2.43 bits per heavy atom. The van der Waals surface area contributed by atoms with Crippen molar-refractivity contribution in [3.63, 3.8) is 0 Å². The highest BCUT2D eigenvalue weighted by molar-refractivity contribution is 6.76. The molecule has 0 spiro atoms. The normalized spacial score (nSPS) is 11.0. The Bertz CT molecular complexity index is 654. The summed E-state index contributed by atoms with van der Waals surface area (Å²) in [5, 5.41) is 9.49. The SMILES string of the molecule is O=C(Nn1cnnc1)c1cccc(NC(=O)C(Cl)(Cl)Cl)c1. The summed E-state index contributed by atoms with van der Waals surface area (Å²) in [6, 6.07) is 6.14. The molecule has 0 unspecified atom stereocenters. The molecule has 0 radical (unpaired) electrons. The number of benzene rings is 1. The third-order valence-corrected chi connectivity index (χ3v) is 2.80. The lowest BCUT2D eigenvalue weighted by atomic mass is 10.2. The molecule has 0 aliphatic carbocycles. The summed E-state index contributed by atoms with van der Waals surface area (Å²) in [7, 11) is 0. The number of halogens is 3. The molecule has 2 rings (SSSR count). The zero-order chi connectivity index (χ0) is 15.5. The molecule has 110 valence electrons. The second-order valence-electron chi connectivity index (χ2n) is 3.84. The average molecular weight is 349 g/mol. The summed E-state index contributed by atoms with van der Waals surface area (Å²) in [5.41, 5.74) is 3.13. The Kier molecular flexibility index (Phi) is 4.66. The van der Waals surface area contributed by atoms with E-state index in [-0.39, 0.29) is 0 Å². The molecule has 21 heavy (non-hydrogen) atoms. The van der Waals surface area contributed by atoms with E-state index in [1.165, 1.54) is 23.4 Å². The highest BCUT2D eigenvalue weighted by atomic mass is 35.6. The van der Waals surface area contributed by atoms with Gasteiger partial charge in [-0.3, -0.25) is 15.0 Å². The van der Waals surface area contributed by atoms with Gasteiger partial charge in [0.05, 0.1) is 0 Å². The summed E-state index contributed by atoms with van der Waals surface area (Å²) in [5.74, 6) is -1.23. The van der Waals surface area contributed by atoms with Crippen LogP contribution >= 0.6 is 34.8 Å². The topological polar surface area (TPSA) is 88.9 Å². The van der Waals surface area contributed by atoms with Crippen LogP contribution in [-0.2, 0) is 4.79 Å². The van der Waals surface area contributed by atoms with Crippen LogP contribution in [0.1, 0.15) is 10.4 Å². The Labute approximate surface area is 134 Å². The third-order valence-electron chi connectivity index (χ3n) is 2.29. The van der Waals surface area contributed by atoms with E-state index < -0.39 is 15.6 Å². The van der Waals surface area contributed by atoms with Crippen molar-refractivity contribution in [1.29, 1.82) is 0 Å². The lowest BCUT2D eigenvalue weighted by Gasteiger charge is -2.12. The number of hydrogen-bond acceptors (Lipinski definition) is 4. The highest BCUT2D eigenvalue weighted by Gasteiger charge is 2.30. The maximum Gasteiger partial charge on any atom is 0.276 e. The van der Waals surface area contributed by atoms with Gasteiger partial charge in [-0.15, -0.1) is 10.2 Å². The minimum absolute atomic E-state index is 0.297. The van der Waals surface area contributed by atoms with Gasteiger partial charge in [0, 0.05) is 11.3 Å². The van der Waals surface area contributed by atoms with E-state index in [0.29, 0.717) is 11.3 Å². The number of alkyl halides is 3. The highest BCUT2D eigenvalue weighted by Crippen LogP contribution is 2.27. The van der Waals surface area contributed by atoms with Crippen molar-refractivity contribution in [2.24, 2.45) is 0 Å². The molecule has 0 saturated carbocycles. The largest absolute Gasteiger partial charge is 0.322 e. The molecule has 1 aromatic carbocycles. The fourth-order valence-electron chi connectivity index (χ4n) is 1.38. The number of aromatic nitrogens is 3. The van der Waals surface area contributed by atoms with Gasteiger partial charge in [0.1, 0.15) is 12.7 Å². The first kappa shape index (κ1) is 15.6. The Morgan fingerprint density at radius 1 is 1.14 bits per heavy atom.